The summed E-state index contributed by atoms with van der Waals surface area (Å²) in [6.45, 7) is 2.39. The Labute approximate surface area is 151 Å². The van der Waals surface area contributed by atoms with Crippen LogP contribution in [0.4, 0.5) is 11.4 Å². The molecule has 2 aromatic rings. The van der Waals surface area contributed by atoms with Gasteiger partial charge in [0.05, 0.1) is 16.6 Å². The van der Waals surface area contributed by atoms with Gasteiger partial charge in [0.25, 0.3) is 10.0 Å². The van der Waals surface area contributed by atoms with Gasteiger partial charge in [-0.3, -0.25) is 4.72 Å². The average Bonchev–Trinajstić information content (AvgIpc) is 3.00. The third kappa shape index (κ3) is 3.85. The van der Waals surface area contributed by atoms with Crippen LogP contribution in [0.2, 0.25) is 4.34 Å². The van der Waals surface area contributed by atoms with Gasteiger partial charge in [-0.1, -0.05) is 17.7 Å². The summed E-state index contributed by atoms with van der Waals surface area (Å²) in [6.07, 6.45) is 2.10. The van der Waals surface area contributed by atoms with Gasteiger partial charge in [0.2, 0.25) is 0 Å². The monoisotopic (exact) mass is 386 g/mol. The number of halogens is 1. The maximum atomic E-state index is 12.4. The Balaban J connectivity index is 1.85. The second-order valence-corrected chi connectivity index (χ2v) is 9.22. The van der Waals surface area contributed by atoms with Gasteiger partial charge in [-0.05, 0) is 42.7 Å². The molecule has 0 aliphatic carbocycles. The van der Waals surface area contributed by atoms with E-state index >= 15 is 0 Å². The molecule has 1 aromatic carbocycles. The van der Waals surface area contributed by atoms with Gasteiger partial charge in [0.1, 0.15) is 4.21 Å². The predicted molar refractivity (Wildman–Crippen MR) is 99.0 cm³/mol. The van der Waals surface area contributed by atoms with Crippen molar-refractivity contribution >= 4 is 44.3 Å². The quantitative estimate of drug-likeness (QED) is 0.824. The number of anilines is 2. The van der Waals surface area contributed by atoms with E-state index in [9.17, 15) is 8.42 Å². The number of nitrogens with zero attached hydrogens (tertiary/aromatic N) is 1. The topological polar surface area (TPSA) is 58.6 Å². The number of thiophene rings is 1. The molecule has 0 fully saturated rings. The Morgan fingerprint density at radius 2 is 2.17 bits per heavy atom. The maximum Gasteiger partial charge on any atom is 0.271 e. The second-order valence-electron chi connectivity index (χ2n) is 5.59. The lowest BCUT2D eigenvalue weighted by Crippen LogP contribution is -2.32. The first-order valence-electron chi connectivity index (χ1n) is 7.64. The lowest BCUT2D eigenvalue weighted by molar-refractivity contribution is 0.205. The van der Waals surface area contributed by atoms with E-state index in [1.165, 1.54) is 11.6 Å². The van der Waals surface area contributed by atoms with Crippen LogP contribution >= 0.6 is 22.9 Å². The van der Waals surface area contributed by atoms with Gasteiger partial charge in [0, 0.05) is 25.9 Å². The lowest BCUT2D eigenvalue weighted by Gasteiger charge is -2.31. The molecule has 5 nitrogen and oxygen atoms in total. The number of ether oxygens (including phenoxy) is 1. The summed E-state index contributed by atoms with van der Waals surface area (Å²) in [6, 6.07) is 8.80. The van der Waals surface area contributed by atoms with Crippen LogP contribution in [-0.4, -0.2) is 35.2 Å². The molecule has 0 atom stereocenters. The van der Waals surface area contributed by atoms with Gasteiger partial charge in [-0.25, -0.2) is 8.42 Å². The molecule has 8 heteroatoms. The first-order chi connectivity index (χ1) is 11.5. The van der Waals surface area contributed by atoms with Crippen molar-refractivity contribution in [3.63, 3.8) is 0 Å². The molecule has 1 aromatic heterocycles. The fourth-order valence-electron chi connectivity index (χ4n) is 2.80. The molecular formula is C16H19ClN2O3S2. The molecule has 0 unspecified atom stereocenters. The number of methoxy groups -OCH3 is 1. The largest absolute Gasteiger partial charge is 0.383 e. The molecule has 0 bridgehead atoms. The van der Waals surface area contributed by atoms with E-state index in [1.54, 1.807) is 13.2 Å². The Morgan fingerprint density at radius 3 is 2.88 bits per heavy atom. The number of benzene rings is 1. The van der Waals surface area contributed by atoms with E-state index in [1.807, 2.05) is 18.2 Å². The molecule has 0 spiro atoms. The third-order valence-corrected chi connectivity index (χ3v) is 7.04. The minimum atomic E-state index is -3.61. The molecular weight excluding hydrogens is 368 g/mol. The zero-order chi connectivity index (χ0) is 17.2. The van der Waals surface area contributed by atoms with Crippen molar-refractivity contribution in [3.8, 4) is 0 Å². The van der Waals surface area contributed by atoms with E-state index in [0.29, 0.717) is 16.6 Å². The van der Waals surface area contributed by atoms with Gasteiger partial charge >= 0.3 is 0 Å². The van der Waals surface area contributed by atoms with Crippen molar-refractivity contribution in [2.75, 3.05) is 36.4 Å². The summed E-state index contributed by atoms with van der Waals surface area (Å²) in [5.41, 5.74) is 2.87. The number of fused-ring (bicyclic) bond motifs is 1. The molecule has 130 valence electrons. The Hall–Kier alpha value is -1.28. The molecule has 24 heavy (non-hydrogen) atoms. The van der Waals surface area contributed by atoms with Crippen LogP contribution in [0.25, 0.3) is 0 Å². The third-order valence-electron chi connectivity index (χ3n) is 3.93. The summed E-state index contributed by atoms with van der Waals surface area (Å²) < 4.78 is 33.4. The fourth-order valence-corrected chi connectivity index (χ4v) is 5.33. The van der Waals surface area contributed by atoms with E-state index in [2.05, 4.69) is 9.62 Å². The average molecular weight is 387 g/mol. The smallest absolute Gasteiger partial charge is 0.271 e. The molecule has 1 aliphatic rings. The van der Waals surface area contributed by atoms with E-state index in [4.69, 9.17) is 16.3 Å². The summed E-state index contributed by atoms with van der Waals surface area (Å²) in [5.74, 6) is 0. The molecule has 0 saturated heterocycles. The Morgan fingerprint density at radius 1 is 1.33 bits per heavy atom. The van der Waals surface area contributed by atoms with Crippen LogP contribution in [0, 0.1) is 0 Å². The van der Waals surface area contributed by atoms with Crippen molar-refractivity contribution < 1.29 is 13.2 Å². The zero-order valence-electron chi connectivity index (χ0n) is 13.3. The Kier molecular flexibility index (Phi) is 5.34. The van der Waals surface area contributed by atoms with Gasteiger partial charge < -0.3 is 9.64 Å². The molecule has 2 heterocycles. The molecule has 0 amide bonds. The molecule has 1 N–H and O–H groups in total. The van der Waals surface area contributed by atoms with Crippen molar-refractivity contribution in [2.45, 2.75) is 17.1 Å². The first kappa shape index (κ1) is 17.5. The van der Waals surface area contributed by atoms with E-state index < -0.39 is 10.0 Å². The summed E-state index contributed by atoms with van der Waals surface area (Å²) >= 11 is 6.88. The van der Waals surface area contributed by atoms with Gasteiger partial charge in [-0.15, -0.1) is 11.3 Å². The normalized spacial score (nSPS) is 14.5. The highest BCUT2D eigenvalue weighted by Crippen LogP contribution is 2.32. The van der Waals surface area contributed by atoms with Crippen LogP contribution in [-0.2, 0) is 21.2 Å². The van der Waals surface area contributed by atoms with Crippen molar-refractivity contribution in [2.24, 2.45) is 0 Å². The van der Waals surface area contributed by atoms with Crippen molar-refractivity contribution in [1.82, 2.24) is 0 Å². The highest BCUT2D eigenvalue weighted by Gasteiger charge is 2.20. The number of nitrogens with one attached hydrogen (secondary N) is 1. The van der Waals surface area contributed by atoms with Gasteiger partial charge in [0.15, 0.2) is 0 Å². The predicted octanol–water partition coefficient (Wildman–Crippen LogP) is 3.60. The highest BCUT2D eigenvalue weighted by atomic mass is 35.5. The zero-order valence-corrected chi connectivity index (χ0v) is 15.7. The van der Waals surface area contributed by atoms with Crippen molar-refractivity contribution in [3.05, 3.63) is 40.2 Å². The second kappa shape index (κ2) is 7.31. The molecule has 3 rings (SSSR count). The molecule has 0 saturated carbocycles. The fraction of sp³-hybridized carbons (Fsp3) is 0.375. The minimum Gasteiger partial charge on any atom is -0.383 e. The van der Waals surface area contributed by atoms with Crippen LogP contribution in [0.3, 0.4) is 0 Å². The number of hydrogen-bond acceptors (Lipinski definition) is 5. The van der Waals surface area contributed by atoms with E-state index in [-0.39, 0.29) is 4.21 Å². The minimum absolute atomic E-state index is 0.210. The van der Waals surface area contributed by atoms with Crippen LogP contribution in [0.1, 0.15) is 12.0 Å². The molecule has 1 aliphatic heterocycles. The van der Waals surface area contributed by atoms with Crippen LogP contribution in [0.5, 0.6) is 0 Å². The molecule has 0 radical (unpaired) electrons. The summed E-state index contributed by atoms with van der Waals surface area (Å²) in [7, 11) is -1.93. The SMILES string of the molecule is COCCN1CCCc2ccc(NS(=O)(=O)c3ccc(Cl)s3)cc21. The number of aryl methyl sites for hydroxylation is 1. The first-order valence-corrected chi connectivity index (χ1v) is 10.3. The Bertz CT molecular complexity index is 820. The van der Waals surface area contributed by atoms with E-state index in [0.717, 1.165) is 43.0 Å². The van der Waals surface area contributed by atoms with Crippen LogP contribution in [0.15, 0.2) is 34.5 Å². The van der Waals surface area contributed by atoms with Crippen molar-refractivity contribution in [1.29, 1.82) is 0 Å². The van der Waals surface area contributed by atoms with Crippen LogP contribution < -0.4 is 9.62 Å². The summed E-state index contributed by atoms with van der Waals surface area (Å²) in [5, 5.41) is 0. The standard InChI is InChI=1S/C16H19ClN2O3S2/c1-22-10-9-19-8-2-3-12-4-5-13(11-14(12)19)18-24(20,21)16-7-6-15(17)23-16/h4-7,11,18H,2-3,8-10H2,1H3. The highest BCUT2D eigenvalue weighted by molar-refractivity contribution is 7.94. The lowest BCUT2D eigenvalue weighted by atomic mass is 10.0. The summed E-state index contributed by atoms with van der Waals surface area (Å²) in [4.78, 5) is 2.24. The number of rotatable bonds is 6. The number of sulfonamides is 1. The number of hydrogen-bond donors (Lipinski definition) is 1. The van der Waals surface area contributed by atoms with Gasteiger partial charge in [-0.2, -0.15) is 0 Å². The maximum absolute atomic E-state index is 12.4.